The van der Waals surface area contributed by atoms with Crippen LogP contribution in [-0.4, -0.2) is 186 Å². The number of carboxylic acid groups (broad SMARTS) is 3. The molecule has 0 saturated heterocycles. The molecule has 0 heterocycles. The zero-order chi connectivity index (χ0) is 47.5. The van der Waals surface area contributed by atoms with E-state index in [4.69, 9.17) is 29.8 Å². The van der Waals surface area contributed by atoms with Crippen LogP contribution in [0.25, 0.3) is 0 Å². The molecular formula is C39H63N9O16. The summed E-state index contributed by atoms with van der Waals surface area (Å²) in [5.41, 5.74) is 6.77. The van der Waals surface area contributed by atoms with Crippen molar-refractivity contribution in [3.8, 4) is 0 Å². The van der Waals surface area contributed by atoms with Gasteiger partial charge in [-0.1, -0.05) is 0 Å². The second-order valence-electron chi connectivity index (χ2n) is 13.6. The zero-order valence-corrected chi connectivity index (χ0v) is 35.9. The van der Waals surface area contributed by atoms with Gasteiger partial charge in [-0.15, -0.1) is 0 Å². The second-order valence-corrected chi connectivity index (χ2v) is 13.6. The molecule has 1 aromatic carbocycles. The monoisotopic (exact) mass is 913 g/mol. The number of ether oxygens (including phenoxy) is 4. The van der Waals surface area contributed by atoms with Gasteiger partial charge in [0.1, 0.15) is 31.3 Å². The minimum atomic E-state index is -1.49. The molecule has 6 amide bonds. The van der Waals surface area contributed by atoms with E-state index in [1.54, 1.807) is 24.3 Å². The van der Waals surface area contributed by atoms with Crippen LogP contribution in [0.2, 0.25) is 0 Å². The number of aliphatic carboxylic acids is 3. The number of nitrogens with one attached hydrogen (secondary N) is 8. The van der Waals surface area contributed by atoms with Crippen molar-refractivity contribution in [1.29, 1.82) is 0 Å². The zero-order valence-electron chi connectivity index (χ0n) is 35.9. The van der Waals surface area contributed by atoms with E-state index in [0.29, 0.717) is 18.7 Å². The molecule has 0 aromatic heterocycles. The lowest BCUT2D eigenvalue weighted by Crippen LogP contribution is -2.45. The number of carbonyl (C=O) groups excluding carboxylic acids is 6. The molecule has 25 heteroatoms. The van der Waals surface area contributed by atoms with Crippen LogP contribution < -0.4 is 48.3 Å². The van der Waals surface area contributed by atoms with Gasteiger partial charge >= 0.3 is 17.9 Å². The van der Waals surface area contributed by atoms with Crippen molar-refractivity contribution in [2.75, 3.05) is 104 Å². The van der Waals surface area contributed by atoms with Gasteiger partial charge in [-0.2, -0.15) is 0 Å². The van der Waals surface area contributed by atoms with Gasteiger partial charge in [-0.25, -0.2) is 9.59 Å². The van der Waals surface area contributed by atoms with Crippen molar-refractivity contribution in [1.82, 2.24) is 37.2 Å². The van der Waals surface area contributed by atoms with Crippen LogP contribution in [0.1, 0.15) is 48.9 Å². The van der Waals surface area contributed by atoms with Crippen molar-refractivity contribution >= 4 is 59.0 Å². The molecule has 0 radical (unpaired) electrons. The molecule has 0 bridgehead atoms. The Bertz CT molecular complexity index is 1620. The molecule has 0 spiro atoms. The highest BCUT2D eigenvalue weighted by Crippen LogP contribution is 2.09. The third kappa shape index (κ3) is 27.9. The lowest BCUT2D eigenvalue weighted by atomic mass is 10.1. The highest BCUT2D eigenvalue weighted by Gasteiger charge is 2.25. The van der Waals surface area contributed by atoms with Gasteiger partial charge in [-0.3, -0.25) is 33.6 Å². The standard InChI is InChI=1S/C39H63N9O16/c1-41-28(37(55)56)6-9-31(49)44-16-18-62-21-23-64-25-35(53)48-30(39(59)60)8-11-33(51)47-29(38(57)58)7-10-32(50)45-17-19-61-20-22-63-24-34(52)43-14-15-46-36(54)26-2-4-27(5-3-26)42-13-12-40/h2-5,28-30,41-42H,6-25,40H2,1H3,(H,43,52)(H,44,49)(H,45,50)(H,46,54)(H,47,51)(H,48,53)(H,55,56)(H,57,58)(H,59,60)/t28-,29?,30-/m0/s1. The number of nitrogens with two attached hydrogens (primary N) is 1. The first kappa shape index (κ1) is 56.0. The Morgan fingerprint density at radius 1 is 0.516 bits per heavy atom. The van der Waals surface area contributed by atoms with Gasteiger partial charge in [0.15, 0.2) is 0 Å². The quantitative estimate of drug-likeness (QED) is 0.0285. The summed E-state index contributed by atoms with van der Waals surface area (Å²) < 4.78 is 21.0. The minimum Gasteiger partial charge on any atom is -0.480 e. The number of amides is 6. The summed E-state index contributed by atoms with van der Waals surface area (Å²) >= 11 is 0. The molecule has 1 rings (SSSR count). The smallest absolute Gasteiger partial charge is 0.326 e. The molecule has 0 aliphatic rings. The van der Waals surface area contributed by atoms with Crippen LogP contribution in [0.4, 0.5) is 5.69 Å². The normalized spacial score (nSPS) is 12.2. The summed E-state index contributed by atoms with van der Waals surface area (Å²) in [6, 6.07) is 3.11. The summed E-state index contributed by atoms with van der Waals surface area (Å²) in [6.45, 7) is 1.43. The van der Waals surface area contributed by atoms with Crippen LogP contribution in [0.15, 0.2) is 24.3 Å². The van der Waals surface area contributed by atoms with Crippen molar-refractivity contribution in [2.24, 2.45) is 5.73 Å². The molecule has 13 N–H and O–H groups in total. The van der Waals surface area contributed by atoms with Gasteiger partial charge in [0.25, 0.3) is 5.91 Å². The number of anilines is 1. The predicted molar refractivity (Wildman–Crippen MR) is 226 cm³/mol. The first-order valence-electron chi connectivity index (χ1n) is 20.5. The highest BCUT2D eigenvalue weighted by atomic mass is 16.5. The summed E-state index contributed by atoms with van der Waals surface area (Å²) in [6.07, 6.45) is -1.23. The van der Waals surface area contributed by atoms with Gasteiger partial charge in [0.05, 0.1) is 39.6 Å². The van der Waals surface area contributed by atoms with Crippen molar-refractivity contribution in [2.45, 2.75) is 56.7 Å². The maximum atomic E-state index is 12.4. The summed E-state index contributed by atoms with van der Waals surface area (Å²) in [5.74, 6) is -7.04. The maximum absolute atomic E-state index is 12.4. The molecule has 360 valence electrons. The fraction of sp³-hybridized carbons (Fsp3) is 0.615. The Labute approximate surface area is 370 Å². The Kier molecular flexibility index (Phi) is 30.2. The van der Waals surface area contributed by atoms with Gasteiger partial charge in [0.2, 0.25) is 29.5 Å². The molecule has 1 aromatic rings. The molecule has 0 aliphatic heterocycles. The van der Waals surface area contributed by atoms with Gasteiger partial charge in [0, 0.05) is 69.8 Å². The van der Waals surface area contributed by atoms with Crippen LogP contribution in [0.3, 0.4) is 0 Å². The lowest BCUT2D eigenvalue weighted by Gasteiger charge is -2.17. The first-order chi connectivity index (χ1) is 30.7. The number of carbonyl (C=O) groups is 9. The van der Waals surface area contributed by atoms with Crippen LogP contribution in [-0.2, 0) is 57.3 Å². The SMILES string of the molecule is CN[C@@H](CCC(=O)NCCOCCOCC(=O)N[C@@H](CCC(=O)NC(CCC(=O)NCCOCCOCC(=O)NCCNC(=O)c1ccc(NCCN)cc1)C(=O)O)C(=O)O)C(=O)O. The Balaban J connectivity index is 2.15. The van der Waals surface area contributed by atoms with E-state index in [9.17, 15) is 53.4 Å². The molecule has 0 aliphatic carbocycles. The number of hydrogen-bond acceptors (Lipinski definition) is 16. The van der Waals surface area contributed by atoms with Crippen LogP contribution in [0.5, 0.6) is 0 Å². The topological polar surface area (TPSA) is 374 Å². The average Bonchev–Trinajstić information content (AvgIpc) is 3.26. The molecule has 0 saturated carbocycles. The van der Waals surface area contributed by atoms with Crippen LogP contribution >= 0.6 is 0 Å². The highest BCUT2D eigenvalue weighted by molar-refractivity contribution is 5.94. The summed E-state index contributed by atoms with van der Waals surface area (Å²) in [4.78, 5) is 107. The van der Waals surface area contributed by atoms with E-state index in [0.717, 1.165) is 5.69 Å². The van der Waals surface area contributed by atoms with Crippen molar-refractivity contribution in [3.63, 3.8) is 0 Å². The van der Waals surface area contributed by atoms with Gasteiger partial charge in [-0.05, 0) is 50.6 Å². The summed E-state index contributed by atoms with van der Waals surface area (Å²) in [5, 5.41) is 48.6. The molecule has 3 atom stereocenters. The third-order valence-electron chi connectivity index (χ3n) is 8.59. The lowest BCUT2D eigenvalue weighted by molar-refractivity contribution is -0.144. The van der Waals surface area contributed by atoms with Gasteiger partial charge < -0.3 is 82.5 Å². The Morgan fingerprint density at radius 3 is 1.45 bits per heavy atom. The average molecular weight is 914 g/mol. The molecule has 64 heavy (non-hydrogen) atoms. The largest absolute Gasteiger partial charge is 0.480 e. The molecule has 25 nitrogen and oxygen atoms in total. The number of carboxylic acids is 3. The fourth-order valence-electron chi connectivity index (χ4n) is 5.19. The van der Waals surface area contributed by atoms with Crippen LogP contribution in [0, 0.1) is 0 Å². The van der Waals surface area contributed by atoms with Crippen molar-refractivity contribution < 1.29 is 77.4 Å². The van der Waals surface area contributed by atoms with E-state index in [1.165, 1.54) is 7.05 Å². The van der Waals surface area contributed by atoms with E-state index in [2.05, 4.69) is 42.5 Å². The fourth-order valence-corrected chi connectivity index (χ4v) is 5.19. The number of hydrogen-bond donors (Lipinski definition) is 12. The van der Waals surface area contributed by atoms with Crippen molar-refractivity contribution in [3.05, 3.63) is 29.8 Å². The predicted octanol–water partition coefficient (Wildman–Crippen LogP) is -3.65. The molecule has 0 fully saturated rings. The van der Waals surface area contributed by atoms with E-state index in [-0.39, 0.29) is 122 Å². The van der Waals surface area contributed by atoms with E-state index >= 15 is 0 Å². The van der Waals surface area contributed by atoms with E-state index < -0.39 is 66.8 Å². The maximum Gasteiger partial charge on any atom is 0.326 e. The third-order valence-corrected chi connectivity index (χ3v) is 8.59. The summed E-state index contributed by atoms with van der Waals surface area (Å²) in [7, 11) is 1.48. The Morgan fingerprint density at radius 2 is 0.953 bits per heavy atom. The first-order valence-corrected chi connectivity index (χ1v) is 20.5. The number of likely N-dealkylation sites (N-methyl/N-ethyl adjacent to an activating group) is 1. The molecular weight excluding hydrogens is 850 g/mol. The van der Waals surface area contributed by atoms with E-state index in [1.807, 2.05) is 0 Å². The number of rotatable bonds is 38. The minimum absolute atomic E-state index is 0.00716. The number of benzene rings is 1. The Hall–Kier alpha value is -5.99. The molecule has 1 unspecified atom stereocenters. The second kappa shape index (κ2) is 34.5.